The lowest BCUT2D eigenvalue weighted by Crippen LogP contribution is -2.45. The maximum atomic E-state index is 11.6. The van der Waals surface area contributed by atoms with Crippen molar-refractivity contribution in [2.45, 2.75) is 25.1 Å². The molecule has 1 aliphatic rings. The van der Waals surface area contributed by atoms with E-state index in [4.69, 9.17) is 0 Å². The normalized spacial score (nSPS) is 22.5. The van der Waals surface area contributed by atoms with Gasteiger partial charge in [0.2, 0.25) is 0 Å². The molecule has 0 aliphatic carbocycles. The van der Waals surface area contributed by atoms with Gasteiger partial charge in [0.05, 0.1) is 11.2 Å². The molecule has 1 N–H and O–H groups in total. The second-order valence-corrected chi connectivity index (χ2v) is 6.71. The van der Waals surface area contributed by atoms with Crippen LogP contribution in [0.5, 0.6) is 0 Å². The summed E-state index contributed by atoms with van der Waals surface area (Å²) in [5, 5.41) is 18.8. The maximum Gasteiger partial charge on any atom is 0.358 e. The Hall–Kier alpha value is -1.82. The summed E-state index contributed by atoms with van der Waals surface area (Å²) >= 11 is 1.92. The predicted molar refractivity (Wildman–Crippen MR) is 85.2 cm³/mol. The fourth-order valence-electron chi connectivity index (χ4n) is 2.72. The minimum absolute atomic E-state index is 0.0413. The van der Waals surface area contributed by atoms with Crippen molar-refractivity contribution in [3.63, 3.8) is 0 Å². The van der Waals surface area contributed by atoms with Crippen LogP contribution in [0.1, 0.15) is 24.3 Å². The molecule has 0 spiro atoms. The number of nitrogens with zero attached hydrogens (tertiary/aromatic N) is 3. The Labute approximate surface area is 127 Å². The molecule has 1 saturated heterocycles. The van der Waals surface area contributed by atoms with E-state index in [1.807, 2.05) is 36.0 Å². The standard InChI is InChI=1S/C15H17N3O2S/c1-9-10(2)21-8-7-18(9)14-11-5-3-4-6-12(11)16-17-13(14)15(19)20/h3-6,9-10H,7-8H2,1-2H3,(H,19,20). The SMILES string of the molecule is CC1SCCN(c2c(C(=O)O)nnc3ccccc23)C1C. The zero-order chi connectivity index (χ0) is 15.0. The van der Waals surface area contributed by atoms with Crippen molar-refractivity contribution in [2.24, 2.45) is 0 Å². The van der Waals surface area contributed by atoms with E-state index < -0.39 is 5.97 Å². The number of hydrogen-bond acceptors (Lipinski definition) is 5. The van der Waals surface area contributed by atoms with Crippen LogP contribution in [0, 0.1) is 0 Å². The summed E-state index contributed by atoms with van der Waals surface area (Å²) in [7, 11) is 0. The summed E-state index contributed by atoms with van der Waals surface area (Å²) in [6.07, 6.45) is 0. The summed E-state index contributed by atoms with van der Waals surface area (Å²) in [5.41, 5.74) is 1.47. The van der Waals surface area contributed by atoms with Crippen LogP contribution in [-0.2, 0) is 0 Å². The first-order valence-corrected chi connectivity index (χ1v) is 8.01. The van der Waals surface area contributed by atoms with Crippen LogP contribution in [0.2, 0.25) is 0 Å². The minimum atomic E-state index is -1.03. The van der Waals surface area contributed by atoms with Crippen LogP contribution in [-0.4, -0.2) is 44.9 Å². The smallest absolute Gasteiger partial charge is 0.358 e. The molecule has 3 rings (SSSR count). The summed E-state index contributed by atoms with van der Waals surface area (Å²) in [4.78, 5) is 13.7. The second kappa shape index (κ2) is 5.52. The molecule has 6 heteroatoms. The molecule has 1 aromatic heterocycles. The quantitative estimate of drug-likeness (QED) is 0.920. The Balaban J connectivity index is 2.23. The van der Waals surface area contributed by atoms with Gasteiger partial charge in [0.15, 0.2) is 5.69 Å². The average molecular weight is 303 g/mol. The number of aromatic carboxylic acids is 1. The molecule has 1 fully saturated rings. The lowest BCUT2D eigenvalue weighted by molar-refractivity contribution is 0.0690. The summed E-state index contributed by atoms with van der Waals surface area (Å²) in [6.45, 7) is 5.14. The number of benzene rings is 1. The molecule has 21 heavy (non-hydrogen) atoms. The van der Waals surface area contributed by atoms with Gasteiger partial charge in [-0.1, -0.05) is 25.1 Å². The van der Waals surface area contributed by atoms with Gasteiger partial charge in [0.1, 0.15) is 0 Å². The highest BCUT2D eigenvalue weighted by molar-refractivity contribution is 8.00. The van der Waals surface area contributed by atoms with Gasteiger partial charge in [-0.15, -0.1) is 10.2 Å². The molecule has 2 aromatic rings. The number of carboxylic acids is 1. The van der Waals surface area contributed by atoms with Crippen LogP contribution >= 0.6 is 11.8 Å². The molecule has 110 valence electrons. The third-order valence-electron chi connectivity index (χ3n) is 4.01. The van der Waals surface area contributed by atoms with E-state index >= 15 is 0 Å². The molecule has 0 radical (unpaired) electrons. The fraction of sp³-hybridized carbons (Fsp3) is 0.400. The highest BCUT2D eigenvalue weighted by Gasteiger charge is 2.30. The van der Waals surface area contributed by atoms with Crippen molar-refractivity contribution in [2.75, 3.05) is 17.2 Å². The van der Waals surface area contributed by atoms with Gasteiger partial charge in [0, 0.05) is 29.0 Å². The first-order chi connectivity index (χ1) is 10.1. The molecule has 0 bridgehead atoms. The molecule has 0 amide bonds. The van der Waals surface area contributed by atoms with E-state index in [-0.39, 0.29) is 11.7 Å². The van der Waals surface area contributed by atoms with Crippen molar-refractivity contribution >= 4 is 34.3 Å². The van der Waals surface area contributed by atoms with Crippen molar-refractivity contribution < 1.29 is 9.90 Å². The fourth-order valence-corrected chi connectivity index (χ4v) is 3.82. The first kappa shape index (κ1) is 14.1. The number of thioether (sulfide) groups is 1. The Bertz CT molecular complexity index is 692. The van der Waals surface area contributed by atoms with Crippen LogP contribution < -0.4 is 4.90 Å². The minimum Gasteiger partial charge on any atom is -0.476 e. The average Bonchev–Trinajstić information content (AvgIpc) is 2.49. The highest BCUT2D eigenvalue weighted by atomic mass is 32.2. The summed E-state index contributed by atoms with van der Waals surface area (Å²) < 4.78 is 0. The van der Waals surface area contributed by atoms with E-state index in [0.29, 0.717) is 10.9 Å². The largest absolute Gasteiger partial charge is 0.476 e. The van der Waals surface area contributed by atoms with E-state index in [0.717, 1.165) is 23.2 Å². The summed E-state index contributed by atoms with van der Waals surface area (Å²) in [6, 6.07) is 7.84. The molecule has 2 atom stereocenters. The van der Waals surface area contributed by atoms with Gasteiger partial charge < -0.3 is 10.0 Å². The number of hydrogen-bond donors (Lipinski definition) is 1. The Morgan fingerprint density at radius 1 is 1.33 bits per heavy atom. The highest BCUT2D eigenvalue weighted by Crippen LogP contribution is 2.34. The van der Waals surface area contributed by atoms with E-state index in [2.05, 4.69) is 28.9 Å². The van der Waals surface area contributed by atoms with Gasteiger partial charge in [-0.05, 0) is 13.0 Å². The van der Waals surface area contributed by atoms with Crippen LogP contribution in [0.4, 0.5) is 5.69 Å². The topological polar surface area (TPSA) is 66.3 Å². The number of carboxylic acid groups (broad SMARTS) is 1. The van der Waals surface area contributed by atoms with Crippen LogP contribution in [0.3, 0.4) is 0 Å². The van der Waals surface area contributed by atoms with Crippen LogP contribution in [0.25, 0.3) is 10.9 Å². The van der Waals surface area contributed by atoms with Gasteiger partial charge in [0.25, 0.3) is 0 Å². The maximum absolute atomic E-state index is 11.6. The molecule has 1 aliphatic heterocycles. The van der Waals surface area contributed by atoms with Crippen LogP contribution in [0.15, 0.2) is 24.3 Å². The molecule has 2 unspecified atom stereocenters. The number of rotatable bonds is 2. The Morgan fingerprint density at radius 2 is 2.10 bits per heavy atom. The van der Waals surface area contributed by atoms with E-state index in [1.165, 1.54) is 0 Å². The second-order valence-electron chi connectivity index (χ2n) is 5.23. The lowest BCUT2D eigenvalue weighted by atomic mass is 10.1. The van der Waals surface area contributed by atoms with Gasteiger partial charge in [-0.25, -0.2) is 4.79 Å². The Morgan fingerprint density at radius 3 is 2.86 bits per heavy atom. The number of carbonyl (C=O) groups is 1. The Kier molecular flexibility index (Phi) is 3.71. The predicted octanol–water partition coefficient (Wildman–Crippen LogP) is 2.66. The monoisotopic (exact) mass is 303 g/mol. The van der Waals surface area contributed by atoms with E-state index in [9.17, 15) is 9.90 Å². The molecule has 1 aromatic carbocycles. The van der Waals surface area contributed by atoms with Crippen molar-refractivity contribution in [1.82, 2.24) is 10.2 Å². The van der Waals surface area contributed by atoms with Gasteiger partial charge >= 0.3 is 5.97 Å². The lowest BCUT2D eigenvalue weighted by Gasteiger charge is -2.39. The van der Waals surface area contributed by atoms with Crippen molar-refractivity contribution in [3.05, 3.63) is 30.0 Å². The third kappa shape index (κ3) is 2.44. The van der Waals surface area contributed by atoms with Crippen molar-refractivity contribution in [1.29, 1.82) is 0 Å². The summed E-state index contributed by atoms with van der Waals surface area (Å²) in [5.74, 6) is -0.0392. The third-order valence-corrected chi connectivity index (χ3v) is 5.35. The molecule has 2 heterocycles. The molecule has 5 nitrogen and oxygen atoms in total. The zero-order valence-electron chi connectivity index (χ0n) is 12.0. The molecular weight excluding hydrogens is 286 g/mol. The number of aromatic nitrogens is 2. The van der Waals surface area contributed by atoms with Gasteiger partial charge in [-0.2, -0.15) is 11.8 Å². The van der Waals surface area contributed by atoms with E-state index in [1.54, 1.807) is 0 Å². The molecule has 0 saturated carbocycles. The van der Waals surface area contributed by atoms with Gasteiger partial charge in [-0.3, -0.25) is 0 Å². The first-order valence-electron chi connectivity index (χ1n) is 6.96. The zero-order valence-corrected chi connectivity index (χ0v) is 12.8. The number of fused-ring (bicyclic) bond motifs is 1. The van der Waals surface area contributed by atoms with Crippen molar-refractivity contribution in [3.8, 4) is 0 Å². The number of anilines is 1. The molecular formula is C15H17N3O2S.